The van der Waals surface area contributed by atoms with Crippen LogP contribution in [0.2, 0.25) is 0 Å². The minimum absolute atomic E-state index is 0.0101. The van der Waals surface area contributed by atoms with Crippen molar-refractivity contribution >= 4 is 34.4 Å². The van der Waals surface area contributed by atoms with E-state index in [1.165, 1.54) is 25.3 Å². The van der Waals surface area contributed by atoms with E-state index >= 15 is 0 Å². The number of carbonyl (C=O) groups excluding carboxylic acids is 2. The zero-order chi connectivity index (χ0) is 21.5. The third-order valence-corrected chi connectivity index (χ3v) is 4.63. The molecule has 0 aliphatic heterocycles. The first kappa shape index (κ1) is 20.9. The second-order valence-electron chi connectivity index (χ2n) is 6.51. The highest BCUT2D eigenvalue weighted by molar-refractivity contribution is 6.04. The van der Waals surface area contributed by atoms with Gasteiger partial charge in [-0.1, -0.05) is 42.5 Å². The van der Waals surface area contributed by atoms with E-state index in [4.69, 9.17) is 9.47 Å². The summed E-state index contributed by atoms with van der Waals surface area (Å²) in [6.07, 6.45) is 2.75. The van der Waals surface area contributed by atoms with Crippen LogP contribution in [-0.4, -0.2) is 37.2 Å². The van der Waals surface area contributed by atoms with Crippen molar-refractivity contribution in [2.24, 2.45) is 0 Å². The number of rotatable bonds is 7. The molecule has 0 saturated heterocycles. The van der Waals surface area contributed by atoms with Gasteiger partial charge in [0.15, 0.2) is 18.1 Å². The minimum Gasteiger partial charge on any atom is -0.504 e. The topological polar surface area (TPSA) is 76.1 Å². The Kier molecular flexibility index (Phi) is 6.70. The highest BCUT2D eigenvalue weighted by Gasteiger charge is 2.17. The first-order valence-corrected chi connectivity index (χ1v) is 9.53. The van der Waals surface area contributed by atoms with Crippen LogP contribution in [0.3, 0.4) is 0 Å². The number of ether oxygens (including phenoxy) is 2. The highest BCUT2D eigenvalue weighted by atomic mass is 16.5. The third-order valence-electron chi connectivity index (χ3n) is 4.63. The Hall–Kier alpha value is -3.80. The van der Waals surface area contributed by atoms with E-state index in [0.29, 0.717) is 17.9 Å². The number of fused-ring (bicyclic) bond motifs is 1. The molecule has 0 fully saturated rings. The third kappa shape index (κ3) is 4.78. The van der Waals surface area contributed by atoms with Gasteiger partial charge in [-0.05, 0) is 42.1 Å². The van der Waals surface area contributed by atoms with E-state index in [-0.39, 0.29) is 18.3 Å². The fourth-order valence-electron chi connectivity index (χ4n) is 3.15. The van der Waals surface area contributed by atoms with Gasteiger partial charge in [-0.25, -0.2) is 4.79 Å². The fourth-order valence-corrected chi connectivity index (χ4v) is 3.15. The summed E-state index contributed by atoms with van der Waals surface area (Å²) in [4.78, 5) is 26.3. The first-order chi connectivity index (χ1) is 14.5. The molecule has 1 amide bonds. The van der Waals surface area contributed by atoms with E-state index in [2.05, 4.69) is 0 Å². The standard InChI is InChI=1S/C24H23NO5/c1-3-25(20-10-6-8-18-7-4-5-9-19(18)20)23(27)16-30-24(28)14-12-17-11-13-21(26)22(15-17)29-2/h4-15,26H,3,16H2,1-2H3/b14-12+. The number of nitrogens with zero attached hydrogens (tertiary/aromatic N) is 1. The maximum atomic E-state index is 12.7. The van der Waals surface area contributed by atoms with Crippen LogP contribution in [0, 0.1) is 0 Å². The smallest absolute Gasteiger partial charge is 0.331 e. The molecular formula is C24H23NO5. The number of phenols is 1. The number of methoxy groups -OCH3 is 1. The molecule has 30 heavy (non-hydrogen) atoms. The number of carbonyl (C=O) groups is 2. The summed E-state index contributed by atoms with van der Waals surface area (Å²) in [6.45, 7) is 1.96. The lowest BCUT2D eigenvalue weighted by Gasteiger charge is -2.22. The maximum Gasteiger partial charge on any atom is 0.331 e. The van der Waals surface area contributed by atoms with E-state index < -0.39 is 5.97 Å². The van der Waals surface area contributed by atoms with Crippen LogP contribution in [-0.2, 0) is 14.3 Å². The van der Waals surface area contributed by atoms with Crippen molar-refractivity contribution in [1.29, 1.82) is 0 Å². The zero-order valence-corrected chi connectivity index (χ0v) is 16.9. The maximum absolute atomic E-state index is 12.7. The van der Waals surface area contributed by atoms with Gasteiger partial charge in [0.05, 0.1) is 12.8 Å². The number of phenolic OH excluding ortho intramolecular Hbond substituents is 1. The zero-order valence-electron chi connectivity index (χ0n) is 16.9. The molecule has 0 radical (unpaired) electrons. The summed E-state index contributed by atoms with van der Waals surface area (Å²) in [5.74, 6) is -0.628. The Morgan fingerprint density at radius 2 is 1.83 bits per heavy atom. The predicted molar refractivity (Wildman–Crippen MR) is 117 cm³/mol. The van der Waals surface area contributed by atoms with Crippen LogP contribution in [0.5, 0.6) is 11.5 Å². The van der Waals surface area contributed by atoms with E-state index in [1.807, 2.05) is 49.4 Å². The normalized spacial score (nSPS) is 10.9. The Bertz CT molecular complexity index is 1080. The fraction of sp³-hybridized carbons (Fsp3) is 0.167. The second kappa shape index (κ2) is 9.60. The molecule has 0 aliphatic carbocycles. The van der Waals surface area contributed by atoms with E-state index in [0.717, 1.165) is 16.5 Å². The number of hydrogen-bond acceptors (Lipinski definition) is 5. The van der Waals surface area contributed by atoms with Crippen molar-refractivity contribution in [3.8, 4) is 11.5 Å². The van der Waals surface area contributed by atoms with Gasteiger partial charge >= 0.3 is 5.97 Å². The number of benzene rings is 3. The average molecular weight is 405 g/mol. The molecule has 6 heteroatoms. The number of esters is 1. The Morgan fingerprint density at radius 1 is 1.07 bits per heavy atom. The largest absolute Gasteiger partial charge is 0.504 e. The summed E-state index contributed by atoms with van der Waals surface area (Å²) in [7, 11) is 1.44. The van der Waals surface area contributed by atoms with Crippen molar-refractivity contribution in [2.75, 3.05) is 25.2 Å². The van der Waals surface area contributed by atoms with Crippen LogP contribution >= 0.6 is 0 Å². The molecule has 0 saturated carbocycles. The van der Waals surface area contributed by atoms with Gasteiger partial charge in [0.1, 0.15) is 0 Å². The quantitative estimate of drug-likeness (QED) is 0.472. The number of anilines is 1. The molecule has 3 aromatic rings. The summed E-state index contributed by atoms with van der Waals surface area (Å²) >= 11 is 0. The molecule has 0 bridgehead atoms. The minimum atomic E-state index is -0.635. The predicted octanol–water partition coefficient (Wildman–Crippen LogP) is 4.16. The van der Waals surface area contributed by atoms with Crippen molar-refractivity contribution in [3.05, 3.63) is 72.3 Å². The van der Waals surface area contributed by atoms with Crippen LogP contribution in [0.25, 0.3) is 16.8 Å². The Labute approximate surface area is 175 Å². The molecule has 3 aromatic carbocycles. The second-order valence-corrected chi connectivity index (χ2v) is 6.51. The Balaban J connectivity index is 1.65. The van der Waals surface area contributed by atoms with Gasteiger partial charge in [-0.15, -0.1) is 0 Å². The van der Waals surface area contributed by atoms with Gasteiger partial charge < -0.3 is 19.5 Å². The van der Waals surface area contributed by atoms with Crippen molar-refractivity contribution in [2.45, 2.75) is 6.92 Å². The van der Waals surface area contributed by atoms with Crippen LogP contribution in [0.15, 0.2) is 66.7 Å². The molecule has 6 nitrogen and oxygen atoms in total. The lowest BCUT2D eigenvalue weighted by molar-refractivity contribution is -0.142. The first-order valence-electron chi connectivity index (χ1n) is 9.53. The lowest BCUT2D eigenvalue weighted by Crippen LogP contribution is -2.34. The molecule has 0 atom stereocenters. The molecule has 1 N–H and O–H groups in total. The van der Waals surface area contributed by atoms with Gasteiger partial charge in [0.25, 0.3) is 5.91 Å². The molecular weight excluding hydrogens is 382 g/mol. The summed E-state index contributed by atoms with van der Waals surface area (Å²) in [6, 6.07) is 18.3. The van der Waals surface area contributed by atoms with Crippen LogP contribution in [0.1, 0.15) is 12.5 Å². The van der Waals surface area contributed by atoms with Crippen molar-refractivity contribution < 1.29 is 24.2 Å². The number of amides is 1. The molecule has 0 aromatic heterocycles. The molecule has 0 heterocycles. The van der Waals surface area contributed by atoms with E-state index in [1.54, 1.807) is 17.0 Å². The average Bonchev–Trinajstić information content (AvgIpc) is 2.77. The molecule has 0 unspecified atom stereocenters. The number of likely N-dealkylation sites (N-methyl/N-ethyl adjacent to an activating group) is 1. The molecule has 0 aliphatic rings. The van der Waals surface area contributed by atoms with Crippen LogP contribution < -0.4 is 9.64 Å². The van der Waals surface area contributed by atoms with Gasteiger partial charge in [-0.2, -0.15) is 0 Å². The van der Waals surface area contributed by atoms with Crippen molar-refractivity contribution in [1.82, 2.24) is 0 Å². The lowest BCUT2D eigenvalue weighted by atomic mass is 10.1. The SMILES string of the molecule is CCN(C(=O)COC(=O)/C=C/c1ccc(O)c(OC)c1)c1cccc2ccccc12. The number of aromatic hydroxyl groups is 1. The number of hydrogen-bond donors (Lipinski definition) is 1. The van der Waals surface area contributed by atoms with Gasteiger partial charge in [0, 0.05) is 18.0 Å². The van der Waals surface area contributed by atoms with Crippen molar-refractivity contribution in [3.63, 3.8) is 0 Å². The summed E-state index contributed by atoms with van der Waals surface area (Å²) in [5.41, 5.74) is 1.43. The van der Waals surface area contributed by atoms with E-state index in [9.17, 15) is 14.7 Å². The highest BCUT2D eigenvalue weighted by Crippen LogP contribution is 2.27. The Morgan fingerprint density at radius 3 is 2.60 bits per heavy atom. The monoisotopic (exact) mass is 405 g/mol. The molecule has 154 valence electrons. The summed E-state index contributed by atoms with van der Waals surface area (Å²) in [5, 5.41) is 11.6. The van der Waals surface area contributed by atoms with Gasteiger partial charge in [-0.3, -0.25) is 4.79 Å². The van der Waals surface area contributed by atoms with Crippen LogP contribution in [0.4, 0.5) is 5.69 Å². The summed E-state index contributed by atoms with van der Waals surface area (Å²) < 4.78 is 10.2. The molecule has 0 spiro atoms. The van der Waals surface area contributed by atoms with Gasteiger partial charge in [0.2, 0.25) is 0 Å². The molecule has 3 rings (SSSR count).